The van der Waals surface area contributed by atoms with E-state index in [4.69, 9.17) is 11.6 Å². The van der Waals surface area contributed by atoms with Crippen molar-refractivity contribution in [2.45, 2.75) is 6.42 Å². The molecule has 0 saturated heterocycles. The standard InChI is InChI=1S/C10H9ClN3/c1-7-10(13-14-12-7)6-8-3-2-4-9(11)5-8/h2-5H,1,6H2,(H,12,13,14). The van der Waals surface area contributed by atoms with Crippen molar-refractivity contribution in [1.29, 1.82) is 0 Å². The second-order valence-electron chi connectivity index (χ2n) is 3.04. The molecule has 0 aliphatic carbocycles. The van der Waals surface area contributed by atoms with Crippen LogP contribution in [-0.2, 0) is 6.42 Å². The Balaban J connectivity index is 2.23. The van der Waals surface area contributed by atoms with Gasteiger partial charge in [0.15, 0.2) is 0 Å². The van der Waals surface area contributed by atoms with Crippen LogP contribution in [0.25, 0.3) is 0 Å². The zero-order valence-electron chi connectivity index (χ0n) is 7.50. The first kappa shape index (κ1) is 9.21. The minimum atomic E-state index is 0.685. The van der Waals surface area contributed by atoms with Gasteiger partial charge in [-0.3, -0.25) is 5.10 Å². The number of aromatic nitrogens is 3. The van der Waals surface area contributed by atoms with E-state index in [9.17, 15) is 0 Å². The minimum Gasteiger partial charge on any atom is -0.262 e. The minimum absolute atomic E-state index is 0.685. The summed E-state index contributed by atoms with van der Waals surface area (Å²) >= 11 is 5.87. The van der Waals surface area contributed by atoms with Crippen molar-refractivity contribution < 1.29 is 0 Å². The second-order valence-corrected chi connectivity index (χ2v) is 3.48. The number of nitrogens with one attached hydrogen (secondary N) is 1. The predicted molar refractivity (Wildman–Crippen MR) is 55.1 cm³/mol. The molecule has 0 atom stereocenters. The smallest absolute Gasteiger partial charge is 0.0863 e. The van der Waals surface area contributed by atoms with E-state index >= 15 is 0 Å². The molecule has 14 heavy (non-hydrogen) atoms. The van der Waals surface area contributed by atoms with E-state index in [1.807, 2.05) is 24.3 Å². The first-order valence-corrected chi connectivity index (χ1v) is 4.60. The lowest BCUT2D eigenvalue weighted by molar-refractivity contribution is 0.914. The molecule has 1 radical (unpaired) electrons. The van der Waals surface area contributed by atoms with E-state index in [1.54, 1.807) is 0 Å². The van der Waals surface area contributed by atoms with Crippen LogP contribution in [0.15, 0.2) is 24.3 Å². The molecule has 4 heteroatoms. The Morgan fingerprint density at radius 3 is 2.93 bits per heavy atom. The number of hydrogen-bond acceptors (Lipinski definition) is 2. The number of benzene rings is 1. The summed E-state index contributed by atoms with van der Waals surface area (Å²) < 4.78 is 0. The lowest BCUT2D eigenvalue weighted by Crippen LogP contribution is -1.90. The summed E-state index contributed by atoms with van der Waals surface area (Å²) in [4.78, 5) is 0. The topological polar surface area (TPSA) is 41.6 Å². The third kappa shape index (κ3) is 1.93. The van der Waals surface area contributed by atoms with Gasteiger partial charge in [-0.15, -0.1) is 5.10 Å². The summed E-state index contributed by atoms with van der Waals surface area (Å²) in [6.07, 6.45) is 0.729. The van der Waals surface area contributed by atoms with Gasteiger partial charge in [-0.1, -0.05) is 28.9 Å². The Morgan fingerprint density at radius 1 is 1.43 bits per heavy atom. The van der Waals surface area contributed by atoms with E-state index < -0.39 is 0 Å². The lowest BCUT2D eigenvalue weighted by atomic mass is 10.1. The molecule has 0 fully saturated rings. The number of halogens is 1. The molecule has 1 aromatic carbocycles. The number of hydrogen-bond donors (Lipinski definition) is 1. The molecule has 1 N–H and O–H groups in total. The third-order valence-electron chi connectivity index (χ3n) is 1.97. The summed E-state index contributed by atoms with van der Waals surface area (Å²) in [6, 6.07) is 7.69. The highest BCUT2D eigenvalue weighted by atomic mass is 35.5. The monoisotopic (exact) mass is 206 g/mol. The first-order valence-electron chi connectivity index (χ1n) is 4.22. The maximum atomic E-state index is 5.87. The molecule has 0 bridgehead atoms. The Bertz CT molecular complexity index is 436. The van der Waals surface area contributed by atoms with Crippen LogP contribution < -0.4 is 0 Å². The number of rotatable bonds is 2. The second kappa shape index (κ2) is 3.80. The van der Waals surface area contributed by atoms with Crippen LogP contribution in [0.5, 0.6) is 0 Å². The van der Waals surface area contributed by atoms with Crippen molar-refractivity contribution in [3.05, 3.63) is 53.2 Å². The van der Waals surface area contributed by atoms with Crippen molar-refractivity contribution in [2.24, 2.45) is 0 Å². The molecule has 2 aromatic rings. The Morgan fingerprint density at radius 2 is 2.29 bits per heavy atom. The van der Waals surface area contributed by atoms with Crippen molar-refractivity contribution >= 4 is 11.6 Å². The SMILES string of the molecule is [CH2]c1nn[nH]c1Cc1cccc(Cl)c1. The fourth-order valence-corrected chi connectivity index (χ4v) is 1.48. The Labute approximate surface area is 87.1 Å². The molecule has 0 aliphatic rings. The fourth-order valence-electron chi connectivity index (χ4n) is 1.26. The van der Waals surface area contributed by atoms with Crippen LogP contribution in [-0.4, -0.2) is 15.4 Å². The fraction of sp³-hybridized carbons (Fsp3) is 0.100. The van der Waals surface area contributed by atoms with Crippen LogP contribution in [0.2, 0.25) is 5.02 Å². The average molecular weight is 207 g/mol. The summed E-state index contributed by atoms with van der Waals surface area (Å²) in [6.45, 7) is 3.76. The van der Waals surface area contributed by atoms with E-state index in [0.717, 1.165) is 22.7 Å². The molecule has 0 aliphatic heterocycles. The van der Waals surface area contributed by atoms with Crippen LogP contribution in [0, 0.1) is 6.92 Å². The zero-order chi connectivity index (χ0) is 9.97. The maximum absolute atomic E-state index is 5.87. The van der Waals surface area contributed by atoms with Gasteiger partial charge in [0, 0.05) is 11.4 Å². The quantitative estimate of drug-likeness (QED) is 0.819. The first-order chi connectivity index (χ1) is 6.75. The molecule has 0 spiro atoms. The normalized spacial score (nSPS) is 10.4. The van der Waals surface area contributed by atoms with Gasteiger partial charge in [-0.25, -0.2) is 0 Å². The van der Waals surface area contributed by atoms with Gasteiger partial charge in [0.05, 0.1) is 11.4 Å². The van der Waals surface area contributed by atoms with Gasteiger partial charge in [-0.05, 0) is 24.6 Å². The Kier molecular flexibility index (Phi) is 2.50. The van der Waals surface area contributed by atoms with Crippen LogP contribution in [0.1, 0.15) is 17.0 Å². The largest absolute Gasteiger partial charge is 0.262 e. The molecule has 0 amide bonds. The average Bonchev–Trinajstić information content (AvgIpc) is 2.52. The van der Waals surface area contributed by atoms with Gasteiger partial charge >= 0.3 is 0 Å². The van der Waals surface area contributed by atoms with Crippen molar-refractivity contribution in [3.63, 3.8) is 0 Å². The lowest BCUT2D eigenvalue weighted by Gasteiger charge is -1.99. The van der Waals surface area contributed by atoms with Crippen molar-refractivity contribution in [1.82, 2.24) is 15.4 Å². The van der Waals surface area contributed by atoms with Gasteiger partial charge in [0.2, 0.25) is 0 Å². The molecule has 3 nitrogen and oxygen atoms in total. The van der Waals surface area contributed by atoms with E-state index in [1.165, 1.54) is 0 Å². The van der Waals surface area contributed by atoms with Crippen molar-refractivity contribution in [3.8, 4) is 0 Å². The molecule has 0 saturated carbocycles. The Hall–Kier alpha value is -1.35. The molecule has 2 rings (SSSR count). The van der Waals surface area contributed by atoms with E-state index in [0.29, 0.717) is 5.69 Å². The van der Waals surface area contributed by atoms with E-state index in [2.05, 4.69) is 22.3 Å². The van der Waals surface area contributed by atoms with Gasteiger partial charge in [-0.2, -0.15) is 0 Å². The molecule has 0 unspecified atom stereocenters. The molecule has 1 aromatic heterocycles. The molecule has 1 heterocycles. The van der Waals surface area contributed by atoms with E-state index in [-0.39, 0.29) is 0 Å². The summed E-state index contributed by atoms with van der Waals surface area (Å²) in [5.74, 6) is 0. The molecular weight excluding hydrogens is 198 g/mol. The highest BCUT2D eigenvalue weighted by Crippen LogP contribution is 2.14. The number of nitrogens with zero attached hydrogens (tertiary/aromatic N) is 2. The third-order valence-corrected chi connectivity index (χ3v) is 2.21. The highest BCUT2D eigenvalue weighted by molar-refractivity contribution is 6.30. The number of H-pyrrole nitrogens is 1. The zero-order valence-corrected chi connectivity index (χ0v) is 8.25. The summed E-state index contributed by atoms with van der Waals surface area (Å²) in [5.41, 5.74) is 2.73. The van der Waals surface area contributed by atoms with Gasteiger partial charge < -0.3 is 0 Å². The van der Waals surface area contributed by atoms with Gasteiger partial charge in [0.1, 0.15) is 0 Å². The highest BCUT2D eigenvalue weighted by Gasteiger charge is 2.03. The van der Waals surface area contributed by atoms with Crippen LogP contribution in [0.3, 0.4) is 0 Å². The number of aromatic amines is 1. The van der Waals surface area contributed by atoms with Crippen LogP contribution >= 0.6 is 11.6 Å². The summed E-state index contributed by atoms with van der Waals surface area (Å²) in [5, 5.41) is 11.0. The van der Waals surface area contributed by atoms with Crippen molar-refractivity contribution in [2.75, 3.05) is 0 Å². The van der Waals surface area contributed by atoms with Gasteiger partial charge in [0.25, 0.3) is 0 Å². The maximum Gasteiger partial charge on any atom is 0.0863 e. The van der Waals surface area contributed by atoms with Crippen LogP contribution in [0.4, 0.5) is 0 Å². The summed E-state index contributed by atoms with van der Waals surface area (Å²) in [7, 11) is 0. The predicted octanol–water partition coefficient (Wildman–Crippen LogP) is 2.23. The molecular formula is C10H9ClN3. The molecule has 71 valence electrons.